The zero-order valence-electron chi connectivity index (χ0n) is 11.4. The van der Waals surface area contributed by atoms with E-state index in [1.807, 2.05) is 6.92 Å². The fraction of sp³-hybridized carbons (Fsp3) is 0.538. The maximum Gasteiger partial charge on any atom is 0.273 e. The normalized spacial score (nSPS) is 17.1. The molecule has 1 saturated heterocycles. The summed E-state index contributed by atoms with van der Waals surface area (Å²) in [6.45, 7) is 5.39. The van der Waals surface area contributed by atoms with E-state index in [1.165, 1.54) is 6.07 Å². The highest BCUT2D eigenvalue weighted by atomic mass is 35.5. The molecular weight excluding hydrogens is 284 g/mol. The molecule has 0 radical (unpaired) electrons. The lowest BCUT2D eigenvalue weighted by Crippen LogP contribution is -2.28. The topological polar surface area (TPSA) is 73.6 Å². The standard InChI is InChI=1S/C13H17ClN2O4/c1-9-7-11(10(14)8-12(9)16(17)18)15-4-3-13(2)19-5-6-20-13/h7-8,15H,3-6H2,1-2H3. The molecular formula is C13H17ClN2O4. The number of anilines is 1. The molecule has 1 heterocycles. The van der Waals surface area contributed by atoms with Crippen LogP contribution in [0.2, 0.25) is 5.02 Å². The van der Waals surface area contributed by atoms with Crippen molar-refractivity contribution in [3.05, 3.63) is 32.8 Å². The lowest BCUT2D eigenvalue weighted by molar-refractivity contribution is -0.385. The van der Waals surface area contributed by atoms with Crippen LogP contribution in [-0.4, -0.2) is 30.5 Å². The van der Waals surface area contributed by atoms with Crippen molar-refractivity contribution in [3.8, 4) is 0 Å². The smallest absolute Gasteiger partial charge is 0.273 e. The lowest BCUT2D eigenvalue weighted by atomic mass is 10.1. The molecule has 0 spiro atoms. The fourth-order valence-corrected chi connectivity index (χ4v) is 2.35. The van der Waals surface area contributed by atoms with Crippen LogP contribution in [0, 0.1) is 17.0 Å². The maximum absolute atomic E-state index is 10.8. The average Bonchev–Trinajstić information content (AvgIpc) is 2.80. The second-order valence-electron chi connectivity index (χ2n) is 4.88. The number of nitro benzene ring substituents is 1. The van der Waals surface area contributed by atoms with Crippen molar-refractivity contribution >= 4 is 23.0 Å². The van der Waals surface area contributed by atoms with Crippen LogP contribution in [0.15, 0.2) is 12.1 Å². The molecule has 110 valence electrons. The second-order valence-corrected chi connectivity index (χ2v) is 5.29. The summed E-state index contributed by atoms with van der Waals surface area (Å²) < 4.78 is 11.0. The van der Waals surface area contributed by atoms with E-state index in [2.05, 4.69) is 5.32 Å². The van der Waals surface area contributed by atoms with Gasteiger partial charge in [-0.1, -0.05) is 11.6 Å². The van der Waals surface area contributed by atoms with E-state index in [1.54, 1.807) is 13.0 Å². The molecule has 0 amide bonds. The largest absolute Gasteiger partial charge is 0.384 e. The summed E-state index contributed by atoms with van der Waals surface area (Å²) in [7, 11) is 0. The van der Waals surface area contributed by atoms with E-state index in [9.17, 15) is 10.1 Å². The van der Waals surface area contributed by atoms with Crippen LogP contribution >= 0.6 is 11.6 Å². The van der Waals surface area contributed by atoms with Crippen molar-refractivity contribution in [3.63, 3.8) is 0 Å². The van der Waals surface area contributed by atoms with Crippen molar-refractivity contribution in [1.82, 2.24) is 0 Å². The highest BCUT2D eigenvalue weighted by Crippen LogP contribution is 2.31. The lowest BCUT2D eigenvalue weighted by Gasteiger charge is -2.22. The van der Waals surface area contributed by atoms with Crippen molar-refractivity contribution in [2.24, 2.45) is 0 Å². The molecule has 0 atom stereocenters. The zero-order valence-corrected chi connectivity index (χ0v) is 12.2. The predicted octanol–water partition coefficient (Wildman–Crippen LogP) is 3.12. The monoisotopic (exact) mass is 300 g/mol. The third kappa shape index (κ3) is 3.39. The van der Waals surface area contributed by atoms with Gasteiger partial charge in [-0.3, -0.25) is 10.1 Å². The van der Waals surface area contributed by atoms with Gasteiger partial charge in [-0.2, -0.15) is 0 Å². The Morgan fingerprint density at radius 3 is 2.70 bits per heavy atom. The molecule has 20 heavy (non-hydrogen) atoms. The highest BCUT2D eigenvalue weighted by molar-refractivity contribution is 6.33. The molecule has 0 aliphatic carbocycles. The van der Waals surface area contributed by atoms with E-state index in [0.717, 1.165) is 0 Å². The fourth-order valence-electron chi connectivity index (χ4n) is 2.13. The van der Waals surface area contributed by atoms with Gasteiger partial charge in [0.15, 0.2) is 5.79 Å². The van der Waals surface area contributed by atoms with Crippen molar-refractivity contribution in [1.29, 1.82) is 0 Å². The SMILES string of the molecule is Cc1cc(NCCC2(C)OCCO2)c(Cl)cc1[N+](=O)[O-]. The molecule has 0 bridgehead atoms. The van der Waals surface area contributed by atoms with Crippen molar-refractivity contribution < 1.29 is 14.4 Å². The van der Waals surface area contributed by atoms with Crippen molar-refractivity contribution in [2.45, 2.75) is 26.1 Å². The number of aryl methyl sites for hydroxylation is 1. The molecule has 0 aromatic heterocycles. The highest BCUT2D eigenvalue weighted by Gasteiger charge is 2.30. The van der Waals surface area contributed by atoms with Crippen LogP contribution in [0.4, 0.5) is 11.4 Å². The first kappa shape index (κ1) is 15.0. The number of halogens is 1. The van der Waals surface area contributed by atoms with Crippen LogP contribution in [-0.2, 0) is 9.47 Å². The number of rotatable bonds is 5. The molecule has 1 aliphatic rings. The number of hydrogen-bond acceptors (Lipinski definition) is 5. The molecule has 1 N–H and O–H groups in total. The van der Waals surface area contributed by atoms with E-state index in [4.69, 9.17) is 21.1 Å². The quantitative estimate of drug-likeness (QED) is 0.668. The molecule has 7 heteroatoms. The van der Waals surface area contributed by atoms with Gasteiger partial charge in [0.25, 0.3) is 5.69 Å². The Morgan fingerprint density at radius 1 is 1.45 bits per heavy atom. The Kier molecular flexibility index (Phi) is 4.47. The molecule has 0 saturated carbocycles. The van der Waals surface area contributed by atoms with Gasteiger partial charge in [-0.25, -0.2) is 0 Å². The van der Waals surface area contributed by atoms with Crippen LogP contribution in [0.3, 0.4) is 0 Å². The van der Waals surface area contributed by atoms with E-state index < -0.39 is 10.7 Å². The summed E-state index contributed by atoms with van der Waals surface area (Å²) in [5.41, 5.74) is 1.27. The molecule has 1 aliphatic heterocycles. The summed E-state index contributed by atoms with van der Waals surface area (Å²) in [6, 6.07) is 3.04. The predicted molar refractivity (Wildman–Crippen MR) is 76.3 cm³/mol. The summed E-state index contributed by atoms with van der Waals surface area (Å²) >= 11 is 6.05. The number of hydrogen-bond donors (Lipinski definition) is 1. The van der Waals surface area contributed by atoms with Crippen LogP contribution in [0.5, 0.6) is 0 Å². The third-order valence-corrected chi connectivity index (χ3v) is 3.59. The second kappa shape index (κ2) is 5.95. The van der Waals surface area contributed by atoms with Gasteiger partial charge in [0.05, 0.1) is 28.8 Å². The minimum absolute atomic E-state index is 0.0231. The Labute approximate surface area is 122 Å². The van der Waals surface area contributed by atoms with Gasteiger partial charge in [0, 0.05) is 24.6 Å². The summed E-state index contributed by atoms with van der Waals surface area (Å²) in [5.74, 6) is -0.560. The Bertz CT molecular complexity index is 515. The third-order valence-electron chi connectivity index (χ3n) is 3.27. The molecule has 1 fully saturated rings. The molecule has 0 unspecified atom stereocenters. The minimum atomic E-state index is -0.560. The van der Waals surface area contributed by atoms with E-state index in [0.29, 0.717) is 42.5 Å². The number of benzene rings is 1. The molecule has 6 nitrogen and oxygen atoms in total. The van der Waals surface area contributed by atoms with Gasteiger partial charge >= 0.3 is 0 Å². The number of ether oxygens (including phenoxy) is 2. The van der Waals surface area contributed by atoms with Gasteiger partial charge < -0.3 is 14.8 Å². The average molecular weight is 301 g/mol. The van der Waals surface area contributed by atoms with Crippen molar-refractivity contribution in [2.75, 3.05) is 25.1 Å². The van der Waals surface area contributed by atoms with Crippen LogP contribution < -0.4 is 5.32 Å². The van der Waals surface area contributed by atoms with Gasteiger partial charge in [0.1, 0.15) is 0 Å². The Hall–Kier alpha value is -1.37. The molecule has 1 aromatic carbocycles. The van der Waals surface area contributed by atoms with Gasteiger partial charge in [0.2, 0.25) is 0 Å². The van der Waals surface area contributed by atoms with E-state index >= 15 is 0 Å². The Morgan fingerprint density at radius 2 is 2.10 bits per heavy atom. The zero-order chi connectivity index (χ0) is 14.8. The minimum Gasteiger partial charge on any atom is -0.384 e. The summed E-state index contributed by atoms with van der Waals surface area (Å²) in [5, 5.41) is 14.3. The Balaban J connectivity index is 1.99. The first-order valence-electron chi connectivity index (χ1n) is 6.38. The van der Waals surface area contributed by atoms with Gasteiger partial charge in [-0.15, -0.1) is 0 Å². The summed E-state index contributed by atoms with van der Waals surface area (Å²) in [4.78, 5) is 10.4. The van der Waals surface area contributed by atoms with Crippen LogP contribution in [0.1, 0.15) is 18.9 Å². The first-order chi connectivity index (χ1) is 9.41. The molecule has 1 aromatic rings. The number of nitrogens with zero attached hydrogens (tertiary/aromatic N) is 1. The van der Waals surface area contributed by atoms with Crippen LogP contribution in [0.25, 0.3) is 0 Å². The molecule has 2 rings (SSSR count). The van der Waals surface area contributed by atoms with Gasteiger partial charge in [-0.05, 0) is 19.9 Å². The first-order valence-corrected chi connectivity index (χ1v) is 6.75. The number of nitro groups is 1. The van der Waals surface area contributed by atoms with E-state index in [-0.39, 0.29) is 5.69 Å². The summed E-state index contributed by atoms with van der Waals surface area (Å²) in [6.07, 6.45) is 0.666. The maximum atomic E-state index is 10.8. The number of nitrogens with one attached hydrogen (secondary N) is 1.